The summed E-state index contributed by atoms with van der Waals surface area (Å²) in [7, 11) is 0. The Morgan fingerprint density at radius 3 is 0.856 bits per heavy atom. The lowest BCUT2D eigenvalue weighted by Crippen LogP contribution is -2.39. The molecule has 1 aromatic rings. The molecule has 0 fully saturated rings. The molecule has 0 saturated carbocycles. The minimum atomic E-state index is -1.18. The van der Waals surface area contributed by atoms with Crippen molar-refractivity contribution in [2.75, 3.05) is 26.3 Å². The molecular weight excluding hydrogens is 1300 g/mol. The average molecular weight is 1420 g/mol. The lowest BCUT2D eigenvalue weighted by Gasteiger charge is -2.11. The highest BCUT2D eigenvalue weighted by Gasteiger charge is 2.19. The van der Waals surface area contributed by atoms with Gasteiger partial charge in [-0.25, -0.2) is 0 Å². The molecule has 41 heteroatoms. The normalized spacial score (nSPS) is 13.8. The van der Waals surface area contributed by atoms with Crippen LogP contribution in [-0.4, -0.2) is 247 Å². The molecule has 0 aliphatic heterocycles. The highest BCUT2D eigenvalue weighted by molar-refractivity contribution is 5.78. The van der Waals surface area contributed by atoms with Gasteiger partial charge in [-0.15, -0.1) is 0 Å². The molecule has 0 bridgehead atoms. The van der Waals surface area contributed by atoms with Crippen LogP contribution in [0.3, 0.4) is 0 Å². The molecule has 0 unspecified atom stereocenters. The quantitative estimate of drug-likeness (QED) is 0.0299. The van der Waals surface area contributed by atoms with E-state index in [4.69, 9.17) is 157 Å². The average Bonchev–Trinajstić information content (AvgIpc) is 2.41. The highest BCUT2D eigenvalue weighted by atomic mass is 16.4. The van der Waals surface area contributed by atoms with Gasteiger partial charge in [0, 0.05) is 6.42 Å². The van der Waals surface area contributed by atoms with Crippen LogP contribution in [0.15, 0.2) is 24.3 Å². The Bertz CT molecular complexity index is 2210. The van der Waals surface area contributed by atoms with Gasteiger partial charge in [0.05, 0.1) is 19.3 Å². The third-order valence-electron chi connectivity index (χ3n) is 11.1. The van der Waals surface area contributed by atoms with E-state index >= 15 is 0 Å². The van der Waals surface area contributed by atoms with Crippen LogP contribution in [0, 0.1) is 17.8 Å². The number of carbonyl (C=O) groups is 12. The highest BCUT2D eigenvalue weighted by Crippen LogP contribution is 2.11. The van der Waals surface area contributed by atoms with Gasteiger partial charge in [-0.1, -0.05) is 72.9 Å². The van der Waals surface area contributed by atoms with E-state index in [-0.39, 0.29) is 36.8 Å². The molecule has 572 valence electrons. The minimum absolute atomic E-state index is 0.0208. The maximum absolute atomic E-state index is 10.4. The van der Waals surface area contributed by atoms with Gasteiger partial charge in [-0.05, 0) is 107 Å². The van der Waals surface area contributed by atoms with Gasteiger partial charge in [-0.3, -0.25) is 57.5 Å². The fourth-order valence-corrected chi connectivity index (χ4v) is 4.41. The molecule has 43 N–H and O–H groups in total. The first-order valence-electron chi connectivity index (χ1n) is 29.4. The van der Waals surface area contributed by atoms with Crippen LogP contribution in [0.2, 0.25) is 0 Å². The number of aromatic hydroxyl groups is 1. The van der Waals surface area contributed by atoms with E-state index in [9.17, 15) is 57.5 Å². The molecule has 0 spiro atoms. The number of rotatable bonds is 32. The number of carbonyl (C=O) groups excluding carboxylic acids is 1. The Morgan fingerprint density at radius 2 is 0.701 bits per heavy atom. The lowest BCUT2D eigenvalue weighted by molar-refractivity contribution is -0.141. The zero-order valence-corrected chi connectivity index (χ0v) is 56.3. The van der Waals surface area contributed by atoms with E-state index in [0.29, 0.717) is 38.3 Å². The molecular formula is C56H116N14O27. The van der Waals surface area contributed by atoms with Crippen LogP contribution in [0.5, 0.6) is 5.75 Å². The summed E-state index contributed by atoms with van der Waals surface area (Å²) in [5.41, 5.74) is 71.7. The monoisotopic (exact) mass is 1420 g/mol. The Morgan fingerprint density at radius 1 is 0.402 bits per heavy atom. The van der Waals surface area contributed by atoms with E-state index in [1.807, 2.05) is 27.7 Å². The predicted molar refractivity (Wildman–Crippen MR) is 353 cm³/mol. The zero-order chi connectivity index (χ0) is 79.2. The van der Waals surface area contributed by atoms with Gasteiger partial charge in [-0.2, -0.15) is 0 Å². The van der Waals surface area contributed by atoms with E-state index in [0.717, 1.165) is 37.7 Å². The maximum Gasteiger partial charge on any atom is 0.323 e. The van der Waals surface area contributed by atoms with Gasteiger partial charge in [0.2, 0.25) is 5.91 Å². The summed E-state index contributed by atoms with van der Waals surface area (Å²) in [6.45, 7) is 14.2. The molecule has 13 atom stereocenters. The molecule has 0 aliphatic rings. The van der Waals surface area contributed by atoms with Crippen LogP contribution in [0.4, 0.5) is 0 Å². The summed E-state index contributed by atoms with van der Waals surface area (Å²) in [5, 5.41) is 123. The first kappa shape index (κ1) is 110. The van der Waals surface area contributed by atoms with E-state index < -0.39 is 157 Å². The van der Waals surface area contributed by atoms with E-state index in [1.165, 1.54) is 26.0 Å². The van der Waals surface area contributed by atoms with Crippen molar-refractivity contribution in [1.82, 2.24) is 0 Å². The van der Waals surface area contributed by atoms with Crippen LogP contribution < -0.4 is 80.3 Å². The van der Waals surface area contributed by atoms with Gasteiger partial charge in [0.1, 0.15) is 72.2 Å². The number of aliphatic carboxylic acids is 11. The molecule has 0 aromatic heterocycles. The second kappa shape index (κ2) is 69.4. The van der Waals surface area contributed by atoms with Crippen molar-refractivity contribution < 1.29 is 134 Å². The molecule has 1 amide bonds. The van der Waals surface area contributed by atoms with E-state index in [1.54, 1.807) is 26.0 Å². The van der Waals surface area contributed by atoms with Crippen molar-refractivity contribution in [3.05, 3.63) is 29.8 Å². The summed E-state index contributed by atoms with van der Waals surface area (Å²) < 4.78 is 0. The largest absolute Gasteiger partial charge is 0.508 e. The van der Waals surface area contributed by atoms with Gasteiger partial charge in [0.15, 0.2) is 0 Å². The molecule has 1 rings (SSSR count). The van der Waals surface area contributed by atoms with Crippen LogP contribution in [-0.2, 0) is 64.0 Å². The van der Waals surface area contributed by atoms with Crippen LogP contribution in [0.1, 0.15) is 125 Å². The fraction of sp³-hybridized carbons (Fsp3) is 0.679. The molecule has 1 aromatic carbocycles. The summed E-state index contributed by atoms with van der Waals surface area (Å²) in [5.74, 6) is -11.2. The number of nitrogens with two attached hydrogens (primary N) is 14. The van der Waals surface area contributed by atoms with Crippen molar-refractivity contribution in [3.8, 4) is 5.75 Å². The Hall–Kier alpha value is -7.98. The SMILES string of the molecule is CC(C)C[C@H](N)C(=O)O.CC(C)[C@H](N)C(=O)O.CC[C@H](C)[C@H](N)C(=O)O.C[C@@H](O)[C@H](N)C(=O)O.C[C@H](N)C(=O)O.NC(=O)CC[C@H](N)C(=O)O.NCCCC[C@H](N)C(=O)O.NCCCC[C@H](N)C(=O)O.N[C@@H](CO)C(=O)O.N[C@@H](CO)C(=O)O.N[C@@H](Cc1ccc(O)cc1)C(=O)O. The Kier molecular flexibility index (Phi) is 79.0. The van der Waals surface area contributed by atoms with E-state index in [2.05, 4.69) is 0 Å². The first-order valence-corrected chi connectivity index (χ1v) is 29.4. The molecule has 0 heterocycles. The summed E-state index contributed by atoms with van der Waals surface area (Å²) >= 11 is 0. The fourth-order valence-electron chi connectivity index (χ4n) is 4.41. The second-order valence-corrected chi connectivity index (χ2v) is 21.1. The summed E-state index contributed by atoms with van der Waals surface area (Å²) in [4.78, 5) is 120. The third-order valence-corrected chi connectivity index (χ3v) is 11.1. The van der Waals surface area contributed by atoms with Crippen molar-refractivity contribution in [1.29, 1.82) is 0 Å². The molecule has 0 saturated heterocycles. The van der Waals surface area contributed by atoms with Gasteiger partial charge < -0.3 is 157 Å². The molecule has 0 aliphatic carbocycles. The number of benzene rings is 1. The third kappa shape index (κ3) is 86.0. The number of phenolic OH excluding ortho intramolecular Hbond substituents is 1. The number of primary amides is 1. The zero-order valence-electron chi connectivity index (χ0n) is 56.3. The molecule has 0 radical (unpaired) electrons. The second-order valence-electron chi connectivity index (χ2n) is 21.1. The Labute approximate surface area is 562 Å². The molecule has 97 heavy (non-hydrogen) atoms. The number of hydrogen-bond acceptors (Lipinski definition) is 29. The predicted octanol–water partition coefficient (Wildman–Crippen LogP) is -6.01. The number of hydrogen-bond donors (Lipinski definition) is 29. The number of phenols is 1. The first-order chi connectivity index (χ1) is 44.2. The van der Waals surface area contributed by atoms with Gasteiger partial charge >= 0.3 is 65.7 Å². The van der Waals surface area contributed by atoms with Crippen LogP contribution in [0.25, 0.3) is 0 Å². The summed E-state index contributed by atoms with van der Waals surface area (Å²) in [6.07, 6.45) is 5.11. The topological polar surface area (TPSA) is 873 Å². The van der Waals surface area contributed by atoms with Gasteiger partial charge in [0.25, 0.3) is 0 Å². The smallest absolute Gasteiger partial charge is 0.323 e. The number of carboxylic acid groups (broad SMARTS) is 11. The Balaban J connectivity index is -0.000000108. The van der Waals surface area contributed by atoms with Crippen LogP contribution >= 0.6 is 0 Å². The maximum atomic E-state index is 10.4. The van der Waals surface area contributed by atoms with Crippen molar-refractivity contribution >= 4 is 71.6 Å². The number of carboxylic acids is 11. The number of amides is 1. The van der Waals surface area contributed by atoms with Crippen molar-refractivity contribution in [3.63, 3.8) is 0 Å². The van der Waals surface area contributed by atoms with Crippen molar-refractivity contribution in [2.24, 2.45) is 98.0 Å². The summed E-state index contributed by atoms with van der Waals surface area (Å²) in [6, 6.07) is -3.23. The molecule has 41 nitrogen and oxygen atoms in total. The number of unbranched alkanes of at least 4 members (excludes halogenated alkanes) is 2. The minimum Gasteiger partial charge on any atom is -0.508 e. The standard InChI is InChI=1S/C9H11NO3.2C6H14N2O2.2C6H13NO2.C5H10N2O3.C5H11NO2.C4H9NO3.2C3H7NO3.C3H7NO2/c10-8(9(12)13)5-6-1-3-7(11)4-2-6;2*7-4-2-1-3-5(8)6(9)10;1-4(2)3-5(7)6(8)9;1-3-4(2)5(7)6(8)9;6-3(5(9)10)1-2-4(7)8;1-3(2)4(6)5(7)8;1-2(6)3(5)4(7)8;2*4-2(1-5)3(6)7;1-2(4)3(5)6/h1-4,8,11H,5,10H2,(H,12,13);2*5H,1-4,7-8H2,(H,9,10);2*4-5H,3,7H2,1-2H3,(H,8,9);3H,1-2,6H2,(H2,7,8)(H,9,10);3-4H,6H2,1-2H3,(H,7,8);2-3,6H,5H2,1H3,(H,7,8);2*2,5H,1,4H2,(H,6,7);2H,4H2,1H3,(H,5,6)/t8-;3*5-;4-,5-;3-;4-;2-,3+;3*2-/m00000001000/s1. The number of aliphatic hydroxyl groups excluding tert-OH is 3. The van der Waals surface area contributed by atoms with Crippen molar-refractivity contribution in [2.45, 2.75) is 199 Å². The lowest BCUT2D eigenvalue weighted by atomic mass is 10.0. The number of aliphatic hydroxyl groups is 3.